The molecule has 1 aliphatic rings. The zero-order valence-electron chi connectivity index (χ0n) is 18.0. The van der Waals surface area contributed by atoms with Gasteiger partial charge in [-0.1, -0.05) is 36.4 Å². The smallest absolute Gasteiger partial charge is 0.271 e. The van der Waals surface area contributed by atoms with E-state index in [1.807, 2.05) is 64.1 Å². The van der Waals surface area contributed by atoms with E-state index in [9.17, 15) is 9.90 Å². The van der Waals surface area contributed by atoms with E-state index in [0.717, 1.165) is 39.2 Å². The number of aromatic hydroxyl groups is 1. The van der Waals surface area contributed by atoms with E-state index in [1.165, 1.54) is 11.8 Å². The van der Waals surface area contributed by atoms with Crippen molar-refractivity contribution in [1.82, 2.24) is 0 Å². The topological polar surface area (TPSA) is 52.9 Å². The highest BCUT2D eigenvalue weighted by atomic mass is 32.2. The molecular weight excluding hydrogens is 404 g/mol. The average molecular weight is 429 g/mol. The lowest BCUT2D eigenvalue weighted by atomic mass is 10.1. The van der Waals surface area contributed by atoms with E-state index < -0.39 is 0 Å². The van der Waals surface area contributed by atoms with Gasteiger partial charge < -0.3 is 5.11 Å². The lowest BCUT2D eigenvalue weighted by molar-refractivity contribution is -0.113. The summed E-state index contributed by atoms with van der Waals surface area (Å²) in [6.07, 6.45) is 1.80. The molecule has 5 heteroatoms. The first-order valence-corrected chi connectivity index (χ1v) is 10.9. The number of phenols is 1. The second-order valence-electron chi connectivity index (χ2n) is 7.82. The van der Waals surface area contributed by atoms with Gasteiger partial charge in [0.25, 0.3) is 5.91 Å². The molecule has 0 spiro atoms. The molecule has 1 fully saturated rings. The average Bonchev–Trinajstić information content (AvgIpc) is 3.01. The number of anilines is 1. The second-order valence-corrected chi connectivity index (χ2v) is 8.83. The molecule has 0 aromatic heterocycles. The molecule has 0 atom stereocenters. The first-order valence-electron chi connectivity index (χ1n) is 10.1. The predicted molar refractivity (Wildman–Crippen MR) is 130 cm³/mol. The fourth-order valence-electron chi connectivity index (χ4n) is 3.43. The van der Waals surface area contributed by atoms with Crippen molar-refractivity contribution in [2.24, 2.45) is 4.99 Å². The van der Waals surface area contributed by atoms with Gasteiger partial charge in [0.2, 0.25) is 0 Å². The minimum Gasteiger partial charge on any atom is -0.508 e. The van der Waals surface area contributed by atoms with Crippen molar-refractivity contribution in [3.63, 3.8) is 0 Å². The molecule has 3 aromatic carbocycles. The van der Waals surface area contributed by atoms with Gasteiger partial charge in [-0.05, 0) is 97.6 Å². The molecule has 31 heavy (non-hydrogen) atoms. The molecule has 1 N–H and O–H groups in total. The first-order chi connectivity index (χ1) is 14.8. The van der Waals surface area contributed by atoms with Gasteiger partial charge in [-0.3, -0.25) is 9.69 Å². The Kier molecular flexibility index (Phi) is 5.70. The van der Waals surface area contributed by atoms with E-state index in [0.29, 0.717) is 10.1 Å². The van der Waals surface area contributed by atoms with Crippen LogP contribution in [0.5, 0.6) is 5.75 Å². The summed E-state index contributed by atoms with van der Waals surface area (Å²) in [5.41, 5.74) is 6.71. The Bertz CT molecular complexity index is 1240. The molecule has 1 amide bonds. The van der Waals surface area contributed by atoms with Crippen LogP contribution >= 0.6 is 11.8 Å². The van der Waals surface area contributed by atoms with E-state index in [-0.39, 0.29) is 11.7 Å². The van der Waals surface area contributed by atoms with Crippen molar-refractivity contribution in [3.05, 3.63) is 93.4 Å². The second kappa shape index (κ2) is 8.44. The highest BCUT2D eigenvalue weighted by Crippen LogP contribution is 2.39. The van der Waals surface area contributed by atoms with Gasteiger partial charge >= 0.3 is 0 Å². The van der Waals surface area contributed by atoms with E-state index in [2.05, 4.69) is 6.07 Å². The summed E-state index contributed by atoms with van der Waals surface area (Å²) in [5, 5.41) is 10.4. The zero-order chi connectivity index (χ0) is 22.1. The molecule has 156 valence electrons. The van der Waals surface area contributed by atoms with Crippen LogP contribution in [0.4, 0.5) is 11.4 Å². The standard InChI is InChI=1S/C26H24N2O2S/c1-16-8-10-18(3)22(12-16)27-26-28(23-13-17(2)9-11-19(23)4)25(30)24(31-26)15-20-6-5-7-21(29)14-20/h5-15,29H,1-4H3. The van der Waals surface area contributed by atoms with Crippen LogP contribution < -0.4 is 4.90 Å². The molecule has 0 saturated carbocycles. The number of phenolic OH excluding ortho intramolecular Hbond substituents is 1. The summed E-state index contributed by atoms with van der Waals surface area (Å²) < 4.78 is 0. The molecule has 3 aromatic rings. The Morgan fingerprint density at radius 2 is 1.61 bits per heavy atom. The molecule has 1 aliphatic heterocycles. The van der Waals surface area contributed by atoms with Crippen molar-refractivity contribution < 1.29 is 9.90 Å². The summed E-state index contributed by atoms with van der Waals surface area (Å²) in [7, 11) is 0. The van der Waals surface area contributed by atoms with Crippen LogP contribution in [0.2, 0.25) is 0 Å². The summed E-state index contributed by atoms with van der Waals surface area (Å²) in [6, 6.07) is 19.1. The third kappa shape index (κ3) is 4.42. The van der Waals surface area contributed by atoms with E-state index >= 15 is 0 Å². The van der Waals surface area contributed by atoms with E-state index in [1.54, 1.807) is 29.2 Å². The van der Waals surface area contributed by atoms with Gasteiger partial charge in [0.1, 0.15) is 5.75 Å². The zero-order valence-corrected chi connectivity index (χ0v) is 18.8. The number of thioether (sulfide) groups is 1. The number of aryl methyl sites for hydroxylation is 4. The van der Waals surface area contributed by atoms with Crippen LogP contribution in [0.15, 0.2) is 70.6 Å². The third-order valence-electron chi connectivity index (χ3n) is 5.16. The summed E-state index contributed by atoms with van der Waals surface area (Å²) in [5.74, 6) is 0.0477. The van der Waals surface area contributed by atoms with Crippen LogP contribution in [0, 0.1) is 27.7 Å². The van der Waals surface area contributed by atoms with E-state index in [4.69, 9.17) is 4.99 Å². The lowest BCUT2D eigenvalue weighted by Gasteiger charge is -2.19. The van der Waals surface area contributed by atoms with Crippen LogP contribution in [-0.4, -0.2) is 16.2 Å². The molecule has 0 unspecified atom stereocenters. The number of aliphatic imine (C=N–C) groups is 1. The number of carbonyl (C=O) groups excluding carboxylic acids is 1. The summed E-state index contributed by atoms with van der Waals surface area (Å²) >= 11 is 1.35. The van der Waals surface area contributed by atoms with Crippen molar-refractivity contribution in [1.29, 1.82) is 0 Å². The maximum absolute atomic E-state index is 13.5. The predicted octanol–water partition coefficient (Wildman–Crippen LogP) is 6.43. The van der Waals surface area contributed by atoms with Gasteiger partial charge in [-0.25, -0.2) is 4.99 Å². The van der Waals surface area contributed by atoms with Crippen molar-refractivity contribution in [2.45, 2.75) is 27.7 Å². The van der Waals surface area contributed by atoms with Crippen LogP contribution in [-0.2, 0) is 4.79 Å². The van der Waals surface area contributed by atoms with Crippen LogP contribution in [0.3, 0.4) is 0 Å². The van der Waals surface area contributed by atoms with Crippen molar-refractivity contribution in [2.75, 3.05) is 4.90 Å². The van der Waals surface area contributed by atoms with Crippen LogP contribution in [0.25, 0.3) is 6.08 Å². The highest BCUT2D eigenvalue weighted by Gasteiger charge is 2.35. The number of hydrogen-bond donors (Lipinski definition) is 1. The van der Waals surface area contributed by atoms with Gasteiger partial charge in [0, 0.05) is 0 Å². The number of amides is 1. The number of carbonyl (C=O) groups is 1. The Labute approximate surface area is 187 Å². The maximum atomic E-state index is 13.5. The van der Waals surface area contributed by atoms with Crippen molar-refractivity contribution in [3.8, 4) is 5.75 Å². The minimum atomic E-state index is -0.119. The molecule has 4 rings (SSSR count). The first kappa shape index (κ1) is 20.9. The number of benzene rings is 3. The molecule has 1 heterocycles. The molecular formula is C26H24N2O2S. The fourth-order valence-corrected chi connectivity index (χ4v) is 4.42. The number of hydrogen-bond acceptors (Lipinski definition) is 4. The quantitative estimate of drug-likeness (QED) is 0.489. The molecule has 0 aliphatic carbocycles. The highest BCUT2D eigenvalue weighted by molar-refractivity contribution is 8.19. The largest absolute Gasteiger partial charge is 0.508 e. The Morgan fingerprint density at radius 3 is 2.35 bits per heavy atom. The number of nitrogens with zero attached hydrogens (tertiary/aromatic N) is 2. The lowest BCUT2D eigenvalue weighted by Crippen LogP contribution is -2.29. The third-order valence-corrected chi connectivity index (χ3v) is 6.13. The SMILES string of the molecule is Cc1ccc(C)c(N=C2SC(=Cc3cccc(O)c3)C(=O)N2c2cc(C)ccc2C)c1. The fraction of sp³-hybridized carbons (Fsp3) is 0.154. The Hall–Kier alpha value is -3.31. The Balaban J connectivity index is 1.86. The van der Waals surface area contributed by atoms with Crippen LogP contribution in [0.1, 0.15) is 27.8 Å². The molecule has 4 nitrogen and oxygen atoms in total. The monoisotopic (exact) mass is 428 g/mol. The Morgan fingerprint density at radius 1 is 0.903 bits per heavy atom. The van der Waals surface area contributed by atoms with Crippen molar-refractivity contribution >= 4 is 40.3 Å². The number of rotatable bonds is 3. The van der Waals surface area contributed by atoms with Gasteiger partial charge in [0.05, 0.1) is 16.3 Å². The normalized spacial score (nSPS) is 16.5. The summed E-state index contributed by atoms with van der Waals surface area (Å²) in [6.45, 7) is 8.07. The molecule has 1 saturated heterocycles. The van der Waals surface area contributed by atoms with Gasteiger partial charge in [-0.15, -0.1) is 0 Å². The van der Waals surface area contributed by atoms with Gasteiger partial charge in [-0.2, -0.15) is 0 Å². The molecule has 0 bridgehead atoms. The number of amidine groups is 1. The molecule has 0 radical (unpaired) electrons. The van der Waals surface area contributed by atoms with Gasteiger partial charge in [0.15, 0.2) is 5.17 Å². The minimum absolute atomic E-state index is 0.119. The maximum Gasteiger partial charge on any atom is 0.271 e. The summed E-state index contributed by atoms with van der Waals surface area (Å²) in [4.78, 5) is 20.7.